The standard InChI is InChI=1S/C20H17NO3S/c1-15(22)19(13-16-7-5-6-8-17(16)14-21)20(23)24-11-12-25-18-9-3-2-4-10-18/h2-10,13H,11-12H2,1H3. The Labute approximate surface area is 151 Å². The number of Topliss-reactive ketones (excluding diaryl/α,β-unsaturated/α-hetero) is 1. The van der Waals surface area contributed by atoms with Gasteiger partial charge in [-0.2, -0.15) is 5.26 Å². The lowest BCUT2D eigenvalue weighted by atomic mass is 10.0. The minimum absolute atomic E-state index is 0.0626. The molecule has 2 aromatic carbocycles. The third-order valence-corrected chi connectivity index (χ3v) is 4.29. The minimum Gasteiger partial charge on any atom is -0.461 e. The molecule has 0 fully saturated rings. The lowest BCUT2D eigenvalue weighted by Crippen LogP contribution is -2.15. The Bertz CT molecular complexity index is 822. The zero-order valence-electron chi connectivity index (χ0n) is 13.8. The SMILES string of the molecule is CC(=O)C(=Cc1ccccc1C#N)C(=O)OCCSc1ccccc1. The average Bonchev–Trinajstić information content (AvgIpc) is 2.64. The predicted molar refractivity (Wildman–Crippen MR) is 97.9 cm³/mol. The third-order valence-electron chi connectivity index (χ3n) is 3.31. The molecule has 0 aliphatic carbocycles. The molecule has 0 amide bonds. The molecule has 0 aliphatic rings. The van der Waals surface area contributed by atoms with E-state index in [0.29, 0.717) is 16.9 Å². The third kappa shape index (κ3) is 5.63. The van der Waals surface area contributed by atoms with Crippen molar-refractivity contribution in [3.05, 3.63) is 71.3 Å². The number of nitriles is 1. The van der Waals surface area contributed by atoms with E-state index in [2.05, 4.69) is 0 Å². The molecule has 126 valence electrons. The van der Waals surface area contributed by atoms with Gasteiger partial charge in [0.05, 0.1) is 11.6 Å². The summed E-state index contributed by atoms with van der Waals surface area (Å²) in [5.74, 6) is -0.474. The summed E-state index contributed by atoms with van der Waals surface area (Å²) in [4.78, 5) is 25.1. The Balaban J connectivity index is 2.00. The van der Waals surface area contributed by atoms with E-state index >= 15 is 0 Å². The quantitative estimate of drug-likeness (QED) is 0.189. The Morgan fingerprint density at radius 1 is 1.12 bits per heavy atom. The van der Waals surface area contributed by atoms with Crippen molar-refractivity contribution >= 4 is 29.6 Å². The summed E-state index contributed by atoms with van der Waals surface area (Å²) in [7, 11) is 0. The highest BCUT2D eigenvalue weighted by Gasteiger charge is 2.16. The topological polar surface area (TPSA) is 67.2 Å². The number of carbonyl (C=O) groups excluding carboxylic acids is 2. The molecular weight excluding hydrogens is 334 g/mol. The molecule has 0 spiro atoms. The summed E-state index contributed by atoms with van der Waals surface area (Å²) in [5, 5.41) is 9.11. The van der Waals surface area contributed by atoms with Crippen molar-refractivity contribution in [2.75, 3.05) is 12.4 Å². The highest BCUT2D eigenvalue weighted by atomic mass is 32.2. The van der Waals surface area contributed by atoms with Crippen LogP contribution in [0.25, 0.3) is 6.08 Å². The number of hydrogen-bond acceptors (Lipinski definition) is 5. The number of benzene rings is 2. The maximum atomic E-state index is 12.2. The molecule has 0 N–H and O–H groups in total. The Morgan fingerprint density at radius 3 is 2.48 bits per heavy atom. The highest BCUT2D eigenvalue weighted by molar-refractivity contribution is 7.99. The van der Waals surface area contributed by atoms with Crippen molar-refractivity contribution in [1.82, 2.24) is 0 Å². The molecule has 0 bridgehead atoms. The van der Waals surface area contributed by atoms with Crippen LogP contribution in [0.3, 0.4) is 0 Å². The van der Waals surface area contributed by atoms with Gasteiger partial charge in [0, 0.05) is 10.6 Å². The van der Waals surface area contributed by atoms with E-state index in [1.165, 1.54) is 13.0 Å². The Kier molecular flexibility index (Phi) is 7.00. The van der Waals surface area contributed by atoms with E-state index in [1.54, 1.807) is 36.0 Å². The van der Waals surface area contributed by atoms with E-state index in [0.717, 1.165) is 4.90 Å². The smallest absolute Gasteiger partial charge is 0.341 e. The number of thioether (sulfide) groups is 1. The van der Waals surface area contributed by atoms with E-state index < -0.39 is 11.8 Å². The van der Waals surface area contributed by atoms with Crippen molar-refractivity contribution in [2.24, 2.45) is 0 Å². The van der Waals surface area contributed by atoms with Crippen molar-refractivity contribution < 1.29 is 14.3 Å². The zero-order valence-corrected chi connectivity index (χ0v) is 14.6. The van der Waals surface area contributed by atoms with Gasteiger partial charge in [-0.05, 0) is 36.8 Å². The number of rotatable bonds is 7. The highest BCUT2D eigenvalue weighted by Crippen LogP contribution is 2.17. The van der Waals surface area contributed by atoms with Gasteiger partial charge in [0.2, 0.25) is 0 Å². The molecular formula is C20H17NO3S. The number of ether oxygens (including phenoxy) is 1. The first-order chi connectivity index (χ1) is 12.1. The van der Waals surface area contributed by atoms with Crippen LogP contribution in [0, 0.1) is 11.3 Å². The summed E-state index contributed by atoms with van der Waals surface area (Å²) in [5.41, 5.74) is 0.854. The molecule has 4 nitrogen and oxygen atoms in total. The molecule has 0 saturated carbocycles. The summed E-state index contributed by atoms with van der Waals surface area (Å²) < 4.78 is 5.20. The summed E-state index contributed by atoms with van der Waals surface area (Å²) in [6.45, 7) is 1.50. The maximum Gasteiger partial charge on any atom is 0.341 e. The van der Waals surface area contributed by atoms with Crippen LogP contribution in [0.5, 0.6) is 0 Å². The van der Waals surface area contributed by atoms with Gasteiger partial charge in [-0.1, -0.05) is 36.4 Å². The second kappa shape index (κ2) is 9.45. The molecule has 0 radical (unpaired) electrons. The number of hydrogen-bond donors (Lipinski definition) is 0. The van der Waals surface area contributed by atoms with Gasteiger partial charge in [0.1, 0.15) is 12.2 Å². The summed E-state index contributed by atoms with van der Waals surface area (Å²) >= 11 is 1.57. The molecule has 0 saturated heterocycles. The minimum atomic E-state index is -0.672. The second-order valence-electron chi connectivity index (χ2n) is 5.11. The van der Waals surface area contributed by atoms with Crippen LogP contribution in [0.15, 0.2) is 65.1 Å². The predicted octanol–water partition coefficient (Wildman–Crippen LogP) is 3.87. The van der Waals surface area contributed by atoms with E-state index in [9.17, 15) is 9.59 Å². The van der Waals surface area contributed by atoms with Gasteiger partial charge in [-0.3, -0.25) is 4.79 Å². The zero-order chi connectivity index (χ0) is 18.1. The fourth-order valence-corrected chi connectivity index (χ4v) is 2.82. The van der Waals surface area contributed by atoms with Crippen LogP contribution in [0.2, 0.25) is 0 Å². The second-order valence-corrected chi connectivity index (χ2v) is 6.28. The molecule has 2 rings (SSSR count). The fraction of sp³-hybridized carbons (Fsp3) is 0.150. The monoisotopic (exact) mass is 351 g/mol. The van der Waals surface area contributed by atoms with Crippen molar-refractivity contribution in [1.29, 1.82) is 5.26 Å². The van der Waals surface area contributed by atoms with Crippen LogP contribution in [0.4, 0.5) is 0 Å². The Morgan fingerprint density at radius 2 is 1.80 bits per heavy atom. The van der Waals surface area contributed by atoms with E-state index in [1.807, 2.05) is 36.4 Å². The molecule has 0 heterocycles. The molecule has 5 heteroatoms. The molecule has 0 aliphatic heterocycles. The summed E-state index contributed by atoms with van der Waals surface area (Å²) in [6, 6.07) is 18.6. The lowest BCUT2D eigenvalue weighted by molar-refractivity contribution is -0.139. The van der Waals surface area contributed by atoms with Crippen molar-refractivity contribution in [2.45, 2.75) is 11.8 Å². The number of carbonyl (C=O) groups is 2. The number of esters is 1. The Hall–Kier alpha value is -2.84. The van der Waals surface area contributed by atoms with Crippen molar-refractivity contribution in [3.63, 3.8) is 0 Å². The van der Waals surface area contributed by atoms with Crippen LogP contribution >= 0.6 is 11.8 Å². The van der Waals surface area contributed by atoms with Gasteiger partial charge in [-0.25, -0.2) is 4.79 Å². The first kappa shape index (κ1) is 18.5. The van der Waals surface area contributed by atoms with Crippen LogP contribution in [0.1, 0.15) is 18.1 Å². The number of nitrogens with zero attached hydrogens (tertiary/aromatic N) is 1. The van der Waals surface area contributed by atoms with E-state index in [-0.39, 0.29) is 12.2 Å². The van der Waals surface area contributed by atoms with Crippen molar-refractivity contribution in [3.8, 4) is 6.07 Å². The molecule has 25 heavy (non-hydrogen) atoms. The summed E-state index contributed by atoms with van der Waals surface area (Å²) in [6.07, 6.45) is 1.41. The van der Waals surface area contributed by atoms with Crippen LogP contribution in [-0.2, 0) is 14.3 Å². The van der Waals surface area contributed by atoms with Crippen LogP contribution in [-0.4, -0.2) is 24.1 Å². The molecule has 0 aromatic heterocycles. The first-order valence-electron chi connectivity index (χ1n) is 7.68. The molecule has 0 unspecified atom stereocenters. The van der Waals surface area contributed by atoms with Gasteiger partial charge in [-0.15, -0.1) is 11.8 Å². The van der Waals surface area contributed by atoms with Gasteiger partial charge in [0.25, 0.3) is 0 Å². The first-order valence-corrected chi connectivity index (χ1v) is 8.67. The largest absolute Gasteiger partial charge is 0.461 e. The molecule has 0 atom stereocenters. The number of ketones is 1. The normalized spacial score (nSPS) is 10.8. The fourth-order valence-electron chi connectivity index (χ4n) is 2.07. The average molecular weight is 351 g/mol. The maximum absolute atomic E-state index is 12.2. The van der Waals surface area contributed by atoms with Gasteiger partial charge in [0.15, 0.2) is 5.78 Å². The van der Waals surface area contributed by atoms with Crippen LogP contribution < -0.4 is 0 Å². The lowest BCUT2D eigenvalue weighted by Gasteiger charge is -2.07. The van der Waals surface area contributed by atoms with Gasteiger partial charge < -0.3 is 4.74 Å². The molecule has 2 aromatic rings. The van der Waals surface area contributed by atoms with E-state index in [4.69, 9.17) is 10.00 Å². The van der Waals surface area contributed by atoms with Gasteiger partial charge >= 0.3 is 5.97 Å².